The van der Waals surface area contributed by atoms with E-state index in [0.29, 0.717) is 40.5 Å². The van der Waals surface area contributed by atoms with E-state index in [1.165, 1.54) is 0 Å². The summed E-state index contributed by atoms with van der Waals surface area (Å²) in [5.41, 5.74) is 1.80. The Labute approximate surface area is 156 Å². The number of nitrogens with zero attached hydrogens (tertiary/aromatic N) is 3. The van der Waals surface area contributed by atoms with Crippen LogP contribution in [0.15, 0.2) is 48.7 Å². The van der Waals surface area contributed by atoms with Crippen LogP contribution in [0.25, 0.3) is 0 Å². The fourth-order valence-electron chi connectivity index (χ4n) is 2.26. The van der Waals surface area contributed by atoms with Gasteiger partial charge in [-0.3, -0.25) is 0 Å². The third-order valence-corrected chi connectivity index (χ3v) is 3.85. The number of hydrogen-bond acceptors (Lipinski definition) is 7. The quantitative estimate of drug-likeness (QED) is 0.651. The average molecular weight is 372 g/mol. The van der Waals surface area contributed by atoms with E-state index in [2.05, 4.69) is 25.8 Å². The van der Waals surface area contributed by atoms with Gasteiger partial charge in [-0.05, 0) is 29.8 Å². The zero-order valence-corrected chi connectivity index (χ0v) is 15.1. The van der Waals surface area contributed by atoms with E-state index in [-0.39, 0.29) is 0 Å². The molecular weight excluding hydrogens is 354 g/mol. The lowest BCUT2D eigenvalue weighted by Gasteiger charge is -2.12. The highest BCUT2D eigenvalue weighted by molar-refractivity contribution is 6.30. The van der Waals surface area contributed by atoms with E-state index < -0.39 is 0 Å². The number of ether oxygens (including phenoxy) is 2. The van der Waals surface area contributed by atoms with Crippen LogP contribution in [-0.2, 0) is 6.54 Å². The van der Waals surface area contributed by atoms with E-state index in [0.717, 1.165) is 5.56 Å². The fourth-order valence-corrected chi connectivity index (χ4v) is 2.38. The molecule has 1 aromatic heterocycles. The van der Waals surface area contributed by atoms with Gasteiger partial charge in [0.2, 0.25) is 5.95 Å². The van der Waals surface area contributed by atoms with Gasteiger partial charge in [-0.1, -0.05) is 23.7 Å². The number of anilines is 3. The third kappa shape index (κ3) is 4.52. The van der Waals surface area contributed by atoms with Crippen LogP contribution in [0.1, 0.15) is 5.56 Å². The van der Waals surface area contributed by atoms with Crippen molar-refractivity contribution in [3.8, 4) is 11.5 Å². The first-order valence-corrected chi connectivity index (χ1v) is 8.23. The Bertz CT molecular complexity index is 874. The predicted molar refractivity (Wildman–Crippen MR) is 101 cm³/mol. The average Bonchev–Trinajstić information content (AvgIpc) is 2.68. The topological polar surface area (TPSA) is 81.2 Å². The number of methoxy groups -OCH3 is 2. The monoisotopic (exact) mass is 371 g/mol. The zero-order valence-electron chi connectivity index (χ0n) is 14.4. The summed E-state index contributed by atoms with van der Waals surface area (Å²) in [5, 5.41) is 15.0. The number of halogens is 1. The van der Waals surface area contributed by atoms with Crippen molar-refractivity contribution in [2.75, 3.05) is 24.9 Å². The summed E-state index contributed by atoms with van der Waals surface area (Å²) >= 11 is 5.89. The molecule has 26 heavy (non-hydrogen) atoms. The lowest BCUT2D eigenvalue weighted by atomic mass is 10.2. The molecule has 0 aliphatic heterocycles. The van der Waals surface area contributed by atoms with Crippen molar-refractivity contribution < 1.29 is 9.47 Å². The highest BCUT2D eigenvalue weighted by Crippen LogP contribution is 2.30. The zero-order chi connectivity index (χ0) is 18.4. The molecule has 0 amide bonds. The van der Waals surface area contributed by atoms with Crippen LogP contribution < -0.4 is 20.1 Å². The molecule has 0 spiro atoms. The second-order valence-corrected chi connectivity index (χ2v) is 5.77. The first-order chi connectivity index (χ1) is 12.7. The molecule has 8 heteroatoms. The lowest BCUT2D eigenvalue weighted by molar-refractivity contribution is 0.395. The summed E-state index contributed by atoms with van der Waals surface area (Å²) in [4.78, 5) is 4.41. The maximum atomic E-state index is 5.89. The first-order valence-electron chi connectivity index (χ1n) is 7.85. The van der Waals surface area contributed by atoms with E-state index in [1.807, 2.05) is 36.4 Å². The van der Waals surface area contributed by atoms with Crippen LogP contribution in [0.4, 0.5) is 17.5 Å². The van der Waals surface area contributed by atoms with E-state index in [4.69, 9.17) is 21.1 Å². The molecule has 0 aliphatic rings. The van der Waals surface area contributed by atoms with E-state index >= 15 is 0 Å². The SMILES string of the molecule is COc1ccc(Nc2nncc(NCc3ccc(Cl)cc3)n2)c(OC)c1. The summed E-state index contributed by atoms with van der Waals surface area (Å²) in [6, 6.07) is 13.0. The Morgan fingerprint density at radius 1 is 1.04 bits per heavy atom. The maximum Gasteiger partial charge on any atom is 0.249 e. The van der Waals surface area contributed by atoms with Gasteiger partial charge in [0.25, 0.3) is 0 Å². The van der Waals surface area contributed by atoms with Crippen molar-refractivity contribution in [3.05, 3.63) is 59.2 Å². The second-order valence-electron chi connectivity index (χ2n) is 5.34. The summed E-state index contributed by atoms with van der Waals surface area (Å²) in [7, 11) is 3.19. The highest BCUT2D eigenvalue weighted by atomic mass is 35.5. The first kappa shape index (κ1) is 17.8. The molecule has 0 saturated heterocycles. The molecule has 0 aliphatic carbocycles. The fraction of sp³-hybridized carbons (Fsp3) is 0.167. The van der Waals surface area contributed by atoms with Crippen molar-refractivity contribution in [2.24, 2.45) is 0 Å². The Kier molecular flexibility index (Phi) is 5.70. The number of hydrogen-bond donors (Lipinski definition) is 2. The van der Waals surface area contributed by atoms with Crippen molar-refractivity contribution in [2.45, 2.75) is 6.54 Å². The third-order valence-electron chi connectivity index (χ3n) is 3.60. The van der Waals surface area contributed by atoms with Gasteiger partial charge in [-0.2, -0.15) is 10.1 Å². The van der Waals surface area contributed by atoms with Crippen LogP contribution in [0, 0.1) is 0 Å². The number of aromatic nitrogens is 3. The van der Waals surface area contributed by atoms with Gasteiger partial charge in [-0.15, -0.1) is 5.10 Å². The summed E-state index contributed by atoms with van der Waals surface area (Å²) in [5.74, 6) is 2.27. The molecule has 0 fully saturated rings. The molecule has 1 heterocycles. The molecule has 2 N–H and O–H groups in total. The summed E-state index contributed by atoms with van der Waals surface area (Å²) < 4.78 is 10.6. The molecule has 134 valence electrons. The molecular formula is C18H18ClN5O2. The Balaban J connectivity index is 1.70. The molecule has 0 saturated carbocycles. The largest absolute Gasteiger partial charge is 0.497 e. The van der Waals surface area contributed by atoms with Gasteiger partial charge in [0, 0.05) is 17.6 Å². The van der Waals surface area contributed by atoms with Crippen LogP contribution in [0.5, 0.6) is 11.5 Å². The van der Waals surface area contributed by atoms with Crippen molar-refractivity contribution >= 4 is 29.1 Å². The minimum Gasteiger partial charge on any atom is -0.497 e. The molecule has 3 aromatic rings. The molecule has 0 unspecified atom stereocenters. The van der Waals surface area contributed by atoms with Crippen molar-refractivity contribution in [1.82, 2.24) is 15.2 Å². The second kappa shape index (κ2) is 8.35. The summed E-state index contributed by atoms with van der Waals surface area (Å²) in [6.07, 6.45) is 1.56. The van der Waals surface area contributed by atoms with Crippen molar-refractivity contribution in [3.63, 3.8) is 0 Å². The predicted octanol–water partition coefficient (Wildman–Crippen LogP) is 3.90. The van der Waals surface area contributed by atoms with Gasteiger partial charge in [0.05, 0.1) is 26.1 Å². The van der Waals surface area contributed by atoms with Crippen LogP contribution in [0.2, 0.25) is 5.02 Å². The Hall–Kier alpha value is -3.06. The standard InChI is InChI=1S/C18H18ClN5O2/c1-25-14-7-8-15(16(9-14)26-2)22-18-23-17(11-21-24-18)20-10-12-3-5-13(19)6-4-12/h3-9,11H,10H2,1-2H3,(H2,20,22,23,24). The Morgan fingerprint density at radius 2 is 1.85 bits per heavy atom. The maximum absolute atomic E-state index is 5.89. The van der Waals surface area contributed by atoms with Gasteiger partial charge in [-0.25, -0.2) is 0 Å². The molecule has 7 nitrogen and oxygen atoms in total. The molecule has 2 aromatic carbocycles. The number of rotatable bonds is 7. The minimum atomic E-state index is 0.356. The van der Waals surface area contributed by atoms with E-state index in [9.17, 15) is 0 Å². The molecule has 0 atom stereocenters. The Morgan fingerprint density at radius 3 is 2.58 bits per heavy atom. The smallest absolute Gasteiger partial charge is 0.249 e. The van der Waals surface area contributed by atoms with Gasteiger partial charge in [0.1, 0.15) is 11.5 Å². The van der Waals surface area contributed by atoms with Gasteiger partial charge < -0.3 is 20.1 Å². The van der Waals surface area contributed by atoms with Gasteiger partial charge in [0.15, 0.2) is 5.82 Å². The highest BCUT2D eigenvalue weighted by Gasteiger charge is 2.08. The molecule has 3 rings (SSSR count). The van der Waals surface area contributed by atoms with Crippen LogP contribution in [-0.4, -0.2) is 29.4 Å². The van der Waals surface area contributed by atoms with Crippen LogP contribution in [0.3, 0.4) is 0 Å². The molecule has 0 bridgehead atoms. The number of nitrogens with one attached hydrogen (secondary N) is 2. The van der Waals surface area contributed by atoms with Crippen LogP contribution >= 0.6 is 11.6 Å². The number of benzene rings is 2. The molecule has 0 radical (unpaired) electrons. The van der Waals surface area contributed by atoms with Crippen molar-refractivity contribution in [1.29, 1.82) is 0 Å². The lowest BCUT2D eigenvalue weighted by Crippen LogP contribution is -2.06. The van der Waals surface area contributed by atoms with E-state index in [1.54, 1.807) is 26.5 Å². The van der Waals surface area contributed by atoms with Gasteiger partial charge >= 0.3 is 0 Å². The minimum absolute atomic E-state index is 0.356. The normalized spacial score (nSPS) is 10.3. The summed E-state index contributed by atoms with van der Waals surface area (Å²) in [6.45, 7) is 0.598.